The molecule has 1 aromatic carbocycles. The minimum atomic E-state index is -3.44. The van der Waals surface area contributed by atoms with Crippen molar-refractivity contribution in [1.29, 1.82) is 0 Å². The van der Waals surface area contributed by atoms with Crippen LogP contribution in [0.2, 0.25) is 10.0 Å². The van der Waals surface area contributed by atoms with Gasteiger partial charge < -0.3 is 5.32 Å². The minimum Gasteiger partial charge on any atom is -0.314 e. The van der Waals surface area contributed by atoms with Crippen LogP contribution in [-0.4, -0.2) is 51.8 Å². The molecule has 118 valence electrons. The molecule has 2 rings (SSSR count). The van der Waals surface area contributed by atoms with Crippen molar-refractivity contribution in [1.82, 2.24) is 10.2 Å². The van der Waals surface area contributed by atoms with Gasteiger partial charge in [0.15, 0.2) is 0 Å². The highest BCUT2D eigenvalue weighted by atomic mass is 35.5. The Morgan fingerprint density at radius 2 is 1.90 bits per heavy atom. The Bertz CT molecular complexity index is 602. The normalized spacial score (nSPS) is 16.9. The van der Waals surface area contributed by atoms with E-state index in [4.69, 9.17) is 23.2 Å². The van der Waals surface area contributed by atoms with Crippen molar-refractivity contribution in [3.8, 4) is 0 Å². The van der Waals surface area contributed by atoms with E-state index in [1.807, 2.05) is 6.92 Å². The van der Waals surface area contributed by atoms with Gasteiger partial charge in [0.1, 0.15) is 0 Å². The van der Waals surface area contributed by atoms with Crippen LogP contribution in [-0.2, 0) is 10.0 Å². The molecular weight excluding hydrogens is 333 g/mol. The molecule has 0 unspecified atom stereocenters. The Hall–Kier alpha value is -0.530. The van der Waals surface area contributed by atoms with Crippen LogP contribution >= 0.6 is 23.2 Å². The highest BCUT2D eigenvalue weighted by Crippen LogP contribution is 2.29. The van der Waals surface area contributed by atoms with Crippen molar-refractivity contribution in [2.75, 3.05) is 43.2 Å². The molecule has 5 nitrogen and oxygen atoms in total. The topological polar surface area (TPSA) is 61.4 Å². The Morgan fingerprint density at radius 3 is 2.57 bits per heavy atom. The predicted molar refractivity (Wildman–Crippen MR) is 87.9 cm³/mol. The Kier molecular flexibility index (Phi) is 5.73. The van der Waals surface area contributed by atoms with Crippen LogP contribution in [0.4, 0.5) is 5.69 Å². The Morgan fingerprint density at radius 1 is 1.24 bits per heavy atom. The van der Waals surface area contributed by atoms with Gasteiger partial charge in [-0.1, -0.05) is 23.2 Å². The second kappa shape index (κ2) is 7.15. The lowest BCUT2D eigenvalue weighted by molar-refractivity contribution is 0.254. The molecular formula is C13H19Cl2N3O2S. The van der Waals surface area contributed by atoms with Gasteiger partial charge in [0.2, 0.25) is 10.0 Å². The zero-order valence-corrected chi connectivity index (χ0v) is 14.2. The summed E-state index contributed by atoms with van der Waals surface area (Å²) < 4.78 is 26.8. The number of halogens is 2. The maximum atomic E-state index is 12.1. The summed E-state index contributed by atoms with van der Waals surface area (Å²) in [6, 6.07) is 3.19. The van der Waals surface area contributed by atoms with Crippen molar-refractivity contribution in [2.24, 2.45) is 0 Å². The fourth-order valence-electron chi connectivity index (χ4n) is 2.13. The maximum absolute atomic E-state index is 12.1. The quantitative estimate of drug-likeness (QED) is 0.850. The second-order valence-corrected chi connectivity index (χ2v) is 7.75. The van der Waals surface area contributed by atoms with E-state index in [1.54, 1.807) is 12.1 Å². The lowest BCUT2D eigenvalue weighted by atomic mass is 10.2. The fraction of sp³-hybridized carbons (Fsp3) is 0.538. The smallest absolute Gasteiger partial charge is 0.234 e. The molecule has 8 heteroatoms. The number of sulfonamides is 1. The lowest BCUT2D eigenvalue weighted by Crippen LogP contribution is -2.45. The summed E-state index contributed by atoms with van der Waals surface area (Å²) in [7, 11) is -3.44. The second-order valence-electron chi connectivity index (χ2n) is 5.09. The molecule has 1 fully saturated rings. The first kappa shape index (κ1) is 16.8. The highest BCUT2D eigenvalue weighted by molar-refractivity contribution is 7.92. The molecule has 0 amide bonds. The van der Waals surface area contributed by atoms with Crippen LogP contribution in [0, 0.1) is 6.92 Å². The van der Waals surface area contributed by atoms with E-state index >= 15 is 0 Å². The average molecular weight is 352 g/mol. The van der Waals surface area contributed by atoms with Gasteiger partial charge in [-0.25, -0.2) is 8.42 Å². The van der Waals surface area contributed by atoms with E-state index in [0.29, 0.717) is 22.3 Å². The number of benzene rings is 1. The number of aryl methyl sites for hydroxylation is 1. The molecule has 0 saturated carbocycles. The fourth-order valence-corrected chi connectivity index (χ4v) is 3.72. The monoisotopic (exact) mass is 351 g/mol. The van der Waals surface area contributed by atoms with Crippen LogP contribution in [0.5, 0.6) is 0 Å². The number of piperazine rings is 1. The van der Waals surface area contributed by atoms with Crippen LogP contribution in [0.15, 0.2) is 12.1 Å². The number of hydrogen-bond donors (Lipinski definition) is 2. The molecule has 0 aromatic heterocycles. The van der Waals surface area contributed by atoms with Gasteiger partial charge in [0.05, 0.1) is 16.5 Å². The van der Waals surface area contributed by atoms with E-state index < -0.39 is 10.0 Å². The standard InChI is InChI=1S/C13H19Cl2N3O2S/c1-10-8-12(15)13(9-11(10)14)17-21(19,20)7-6-18-4-2-16-3-5-18/h8-9,16-17H,2-7H2,1H3. The van der Waals surface area contributed by atoms with Crippen molar-refractivity contribution in [2.45, 2.75) is 6.92 Å². The first-order valence-electron chi connectivity index (χ1n) is 6.76. The Labute approximate surface area is 135 Å². The summed E-state index contributed by atoms with van der Waals surface area (Å²) in [4.78, 5) is 2.12. The van der Waals surface area contributed by atoms with E-state index in [-0.39, 0.29) is 5.75 Å². The van der Waals surface area contributed by atoms with E-state index in [1.165, 1.54) is 0 Å². The summed E-state index contributed by atoms with van der Waals surface area (Å²) in [5.74, 6) is 0.0365. The molecule has 0 atom stereocenters. The minimum absolute atomic E-state index is 0.0365. The summed E-state index contributed by atoms with van der Waals surface area (Å²) in [6.07, 6.45) is 0. The van der Waals surface area contributed by atoms with Gasteiger partial charge in [-0.15, -0.1) is 0 Å². The molecule has 2 N–H and O–H groups in total. The zero-order valence-electron chi connectivity index (χ0n) is 11.8. The third-order valence-corrected chi connectivity index (χ3v) is 5.37. The molecule has 1 aliphatic rings. The van der Waals surface area contributed by atoms with Gasteiger partial charge in [-0.3, -0.25) is 9.62 Å². The molecule has 0 bridgehead atoms. The van der Waals surface area contributed by atoms with Gasteiger partial charge in [-0.2, -0.15) is 0 Å². The first-order chi connectivity index (χ1) is 9.87. The predicted octanol–water partition coefficient (Wildman–Crippen LogP) is 1.95. The van der Waals surface area contributed by atoms with Crippen molar-refractivity contribution in [3.05, 3.63) is 27.7 Å². The Balaban J connectivity index is 1.98. The number of nitrogens with one attached hydrogen (secondary N) is 2. The molecule has 1 aliphatic heterocycles. The molecule has 21 heavy (non-hydrogen) atoms. The van der Waals surface area contributed by atoms with Crippen molar-refractivity contribution >= 4 is 38.9 Å². The van der Waals surface area contributed by atoms with Crippen LogP contribution in [0.1, 0.15) is 5.56 Å². The summed E-state index contributed by atoms with van der Waals surface area (Å²) in [5, 5.41) is 4.07. The molecule has 0 radical (unpaired) electrons. The molecule has 1 saturated heterocycles. The molecule has 0 spiro atoms. The summed E-state index contributed by atoms with van der Waals surface area (Å²) in [6.45, 7) is 5.85. The first-order valence-corrected chi connectivity index (χ1v) is 9.17. The van der Waals surface area contributed by atoms with E-state index in [2.05, 4.69) is 14.9 Å². The van der Waals surface area contributed by atoms with E-state index in [0.717, 1.165) is 31.7 Å². The molecule has 1 aromatic rings. The summed E-state index contributed by atoms with van der Waals surface area (Å²) in [5.41, 5.74) is 1.14. The van der Waals surface area contributed by atoms with E-state index in [9.17, 15) is 8.42 Å². The van der Waals surface area contributed by atoms with Crippen molar-refractivity contribution < 1.29 is 8.42 Å². The highest BCUT2D eigenvalue weighted by Gasteiger charge is 2.17. The van der Waals surface area contributed by atoms with Crippen molar-refractivity contribution in [3.63, 3.8) is 0 Å². The number of nitrogens with zero attached hydrogens (tertiary/aromatic N) is 1. The summed E-state index contributed by atoms with van der Waals surface area (Å²) >= 11 is 12.1. The molecule has 1 heterocycles. The average Bonchev–Trinajstić information content (AvgIpc) is 2.44. The maximum Gasteiger partial charge on any atom is 0.234 e. The largest absolute Gasteiger partial charge is 0.314 e. The number of hydrogen-bond acceptors (Lipinski definition) is 4. The van der Waals surface area contributed by atoms with Crippen LogP contribution < -0.4 is 10.0 Å². The third kappa shape index (κ3) is 5.00. The third-order valence-electron chi connectivity index (χ3n) is 3.40. The SMILES string of the molecule is Cc1cc(Cl)c(NS(=O)(=O)CCN2CCNCC2)cc1Cl. The van der Waals surface area contributed by atoms with Gasteiger partial charge >= 0.3 is 0 Å². The van der Waals surface area contributed by atoms with Crippen LogP contribution in [0.25, 0.3) is 0 Å². The molecule has 0 aliphatic carbocycles. The van der Waals surface area contributed by atoms with Gasteiger partial charge in [0, 0.05) is 37.7 Å². The van der Waals surface area contributed by atoms with Gasteiger partial charge in [-0.05, 0) is 24.6 Å². The number of anilines is 1. The van der Waals surface area contributed by atoms with Crippen LogP contribution in [0.3, 0.4) is 0 Å². The number of rotatable bonds is 5. The lowest BCUT2D eigenvalue weighted by Gasteiger charge is -2.27. The van der Waals surface area contributed by atoms with Gasteiger partial charge in [0.25, 0.3) is 0 Å². The zero-order chi connectivity index (χ0) is 15.5.